The van der Waals surface area contributed by atoms with E-state index >= 15 is 0 Å². The zero-order valence-corrected chi connectivity index (χ0v) is 13.4. The first-order chi connectivity index (χ1) is 9.77. The van der Waals surface area contributed by atoms with Crippen molar-refractivity contribution in [1.82, 2.24) is 0 Å². The molecule has 0 atom stereocenters. The molecule has 1 heterocycles. The largest absolute Gasteiger partial charge is 0.498 e. The van der Waals surface area contributed by atoms with Crippen molar-refractivity contribution in [2.75, 3.05) is 14.2 Å². The Kier molecular flexibility index (Phi) is 4.04. The molecule has 0 bridgehead atoms. The van der Waals surface area contributed by atoms with Gasteiger partial charge in [0, 0.05) is 5.46 Å². The highest BCUT2D eigenvalue weighted by molar-refractivity contribution is 6.63. The lowest BCUT2D eigenvalue weighted by molar-refractivity contribution is 0.00578. The lowest BCUT2D eigenvalue weighted by Crippen LogP contribution is -2.41. The number of carbonyl (C=O) groups is 1. The van der Waals surface area contributed by atoms with Crippen molar-refractivity contribution in [2.24, 2.45) is 0 Å². The van der Waals surface area contributed by atoms with E-state index in [0.29, 0.717) is 28.8 Å². The molecule has 0 amide bonds. The normalized spacial score (nSPS) is 19.4. The Morgan fingerprint density at radius 2 is 1.62 bits per heavy atom. The fourth-order valence-electron chi connectivity index (χ4n) is 2.27. The summed E-state index contributed by atoms with van der Waals surface area (Å²) in [4.78, 5) is 11.3. The number of benzene rings is 1. The quantitative estimate of drug-likeness (QED) is 0.626. The van der Waals surface area contributed by atoms with E-state index in [9.17, 15) is 4.79 Å². The van der Waals surface area contributed by atoms with Crippen LogP contribution in [0, 0.1) is 0 Å². The van der Waals surface area contributed by atoms with Crippen molar-refractivity contribution >= 4 is 18.9 Å². The summed E-state index contributed by atoms with van der Waals surface area (Å²) in [5.74, 6) is 0.880. The molecule has 1 fully saturated rings. The van der Waals surface area contributed by atoms with Crippen LogP contribution in [0.2, 0.25) is 0 Å². The van der Waals surface area contributed by atoms with E-state index in [0.717, 1.165) is 0 Å². The molecule has 114 valence electrons. The molecule has 0 unspecified atom stereocenters. The van der Waals surface area contributed by atoms with Crippen molar-refractivity contribution in [1.29, 1.82) is 0 Å². The standard InChI is InChI=1S/C15H21BO5/c1-14(2)15(3,4)21-16(20-14)11-7-8-12(18-5)10(9-17)13(11)19-6/h7-9H,1-6H3. The van der Waals surface area contributed by atoms with E-state index in [1.165, 1.54) is 14.2 Å². The molecule has 0 aliphatic carbocycles. The van der Waals surface area contributed by atoms with Gasteiger partial charge in [0.15, 0.2) is 6.29 Å². The monoisotopic (exact) mass is 292 g/mol. The van der Waals surface area contributed by atoms with Gasteiger partial charge in [-0.2, -0.15) is 0 Å². The van der Waals surface area contributed by atoms with Gasteiger partial charge in [0.25, 0.3) is 0 Å². The molecule has 0 N–H and O–H groups in total. The van der Waals surface area contributed by atoms with Crippen LogP contribution in [0.15, 0.2) is 12.1 Å². The molecule has 1 saturated heterocycles. The lowest BCUT2D eigenvalue weighted by Gasteiger charge is -2.32. The number of rotatable bonds is 4. The Morgan fingerprint density at radius 3 is 2.05 bits per heavy atom. The third-order valence-corrected chi connectivity index (χ3v) is 4.24. The van der Waals surface area contributed by atoms with Gasteiger partial charge in [-0.15, -0.1) is 0 Å². The van der Waals surface area contributed by atoms with Crippen LogP contribution in [-0.4, -0.2) is 38.8 Å². The molecule has 1 aliphatic heterocycles. The van der Waals surface area contributed by atoms with Gasteiger partial charge >= 0.3 is 7.12 Å². The maximum Gasteiger partial charge on any atom is 0.498 e. The summed E-state index contributed by atoms with van der Waals surface area (Å²) in [7, 11) is 2.43. The maximum absolute atomic E-state index is 11.3. The van der Waals surface area contributed by atoms with Crippen LogP contribution in [-0.2, 0) is 9.31 Å². The van der Waals surface area contributed by atoms with Crippen molar-refractivity contribution < 1.29 is 23.6 Å². The van der Waals surface area contributed by atoms with E-state index in [-0.39, 0.29) is 0 Å². The average molecular weight is 292 g/mol. The topological polar surface area (TPSA) is 54.0 Å². The highest BCUT2D eigenvalue weighted by Crippen LogP contribution is 2.38. The van der Waals surface area contributed by atoms with Crippen LogP contribution < -0.4 is 14.9 Å². The van der Waals surface area contributed by atoms with Crippen LogP contribution >= 0.6 is 0 Å². The SMILES string of the molecule is COc1ccc(B2OC(C)(C)C(C)(C)O2)c(OC)c1C=O. The maximum atomic E-state index is 11.3. The first kappa shape index (κ1) is 15.9. The number of methoxy groups -OCH3 is 2. The Bertz CT molecular complexity index is 537. The second kappa shape index (κ2) is 5.35. The predicted molar refractivity (Wildman–Crippen MR) is 80.6 cm³/mol. The summed E-state index contributed by atoms with van der Waals surface area (Å²) < 4.78 is 22.6. The Balaban J connectivity index is 2.49. The number of hydrogen-bond acceptors (Lipinski definition) is 5. The van der Waals surface area contributed by atoms with Crippen LogP contribution in [0.25, 0.3) is 0 Å². The summed E-state index contributed by atoms with van der Waals surface area (Å²) in [6.45, 7) is 7.90. The highest BCUT2D eigenvalue weighted by Gasteiger charge is 2.52. The van der Waals surface area contributed by atoms with E-state index in [2.05, 4.69) is 0 Å². The van der Waals surface area contributed by atoms with Gasteiger partial charge in [-0.25, -0.2) is 0 Å². The Labute approximate surface area is 125 Å². The van der Waals surface area contributed by atoms with Gasteiger partial charge < -0.3 is 18.8 Å². The summed E-state index contributed by atoms with van der Waals surface area (Å²) in [6, 6.07) is 3.51. The van der Waals surface area contributed by atoms with Crippen molar-refractivity contribution in [3.05, 3.63) is 17.7 Å². The van der Waals surface area contributed by atoms with Gasteiger partial charge in [0.05, 0.1) is 31.0 Å². The molecule has 0 aromatic heterocycles. The fourth-order valence-corrected chi connectivity index (χ4v) is 2.27. The first-order valence-electron chi connectivity index (χ1n) is 6.83. The molecule has 1 aliphatic rings. The minimum Gasteiger partial charge on any atom is -0.496 e. The van der Waals surface area contributed by atoms with Crippen molar-refractivity contribution in [3.63, 3.8) is 0 Å². The van der Waals surface area contributed by atoms with Crippen LogP contribution in [0.5, 0.6) is 11.5 Å². The molecule has 0 saturated carbocycles. The molecule has 1 aromatic carbocycles. The summed E-state index contributed by atoms with van der Waals surface area (Å²) in [5, 5.41) is 0. The van der Waals surface area contributed by atoms with Gasteiger partial charge in [0.2, 0.25) is 0 Å². The molecule has 2 rings (SSSR count). The second-order valence-corrected chi connectivity index (χ2v) is 6.01. The van der Waals surface area contributed by atoms with Crippen LogP contribution in [0.1, 0.15) is 38.1 Å². The molecular weight excluding hydrogens is 271 g/mol. The number of ether oxygens (including phenoxy) is 2. The lowest BCUT2D eigenvalue weighted by atomic mass is 9.77. The number of aldehydes is 1. The Morgan fingerprint density at radius 1 is 1.05 bits per heavy atom. The van der Waals surface area contributed by atoms with E-state index < -0.39 is 18.3 Å². The van der Waals surface area contributed by atoms with E-state index in [4.69, 9.17) is 18.8 Å². The third-order valence-electron chi connectivity index (χ3n) is 4.24. The first-order valence-corrected chi connectivity index (χ1v) is 6.83. The molecular formula is C15H21BO5. The van der Waals surface area contributed by atoms with Crippen molar-refractivity contribution in [3.8, 4) is 11.5 Å². The van der Waals surface area contributed by atoms with Crippen LogP contribution in [0.4, 0.5) is 0 Å². The van der Waals surface area contributed by atoms with Gasteiger partial charge in [-0.1, -0.05) is 6.07 Å². The minimum atomic E-state index is -0.588. The second-order valence-electron chi connectivity index (χ2n) is 6.01. The van der Waals surface area contributed by atoms with Gasteiger partial charge in [0.1, 0.15) is 11.5 Å². The zero-order chi connectivity index (χ0) is 15.8. The molecule has 21 heavy (non-hydrogen) atoms. The third kappa shape index (κ3) is 2.54. The van der Waals surface area contributed by atoms with Gasteiger partial charge in [-0.3, -0.25) is 4.79 Å². The smallest absolute Gasteiger partial charge is 0.496 e. The number of hydrogen-bond donors (Lipinski definition) is 0. The zero-order valence-electron chi connectivity index (χ0n) is 13.4. The minimum absolute atomic E-state index is 0.354. The predicted octanol–water partition coefficient (Wildman–Crippen LogP) is 1.82. The molecule has 5 nitrogen and oxygen atoms in total. The average Bonchev–Trinajstić information content (AvgIpc) is 2.65. The van der Waals surface area contributed by atoms with Crippen LogP contribution in [0.3, 0.4) is 0 Å². The van der Waals surface area contributed by atoms with Gasteiger partial charge in [-0.05, 0) is 33.8 Å². The van der Waals surface area contributed by atoms with E-state index in [1.807, 2.05) is 27.7 Å². The molecule has 0 radical (unpaired) electrons. The highest BCUT2D eigenvalue weighted by atomic mass is 16.7. The molecule has 6 heteroatoms. The molecule has 0 spiro atoms. The number of carbonyl (C=O) groups excluding carboxylic acids is 1. The van der Waals surface area contributed by atoms with E-state index in [1.54, 1.807) is 12.1 Å². The van der Waals surface area contributed by atoms with Crippen molar-refractivity contribution in [2.45, 2.75) is 38.9 Å². The molecule has 1 aromatic rings. The summed E-state index contributed by atoms with van der Waals surface area (Å²) >= 11 is 0. The summed E-state index contributed by atoms with van der Waals surface area (Å²) in [6.07, 6.45) is 0.715. The Hall–Kier alpha value is -1.53. The summed E-state index contributed by atoms with van der Waals surface area (Å²) in [5.41, 5.74) is 0.125. The fraction of sp³-hybridized carbons (Fsp3) is 0.533.